The zero-order valence-electron chi connectivity index (χ0n) is 21.1. The van der Waals surface area contributed by atoms with Crippen molar-refractivity contribution < 1.29 is 9.53 Å². The van der Waals surface area contributed by atoms with E-state index in [0.29, 0.717) is 34.9 Å². The van der Waals surface area contributed by atoms with Gasteiger partial charge in [0.1, 0.15) is 11.6 Å². The van der Waals surface area contributed by atoms with Crippen LogP contribution in [-0.2, 0) is 14.9 Å². The number of anilines is 2. The van der Waals surface area contributed by atoms with Gasteiger partial charge in [-0.25, -0.2) is 4.98 Å². The summed E-state index contributed by atoms with van der Waals surface area (Å²) in [5.41, 5.74) is 0.922. The molecular weight excluding hydrogens is 497 g/mol. The van der Waals surface area contributed by atoms with Crippen molar-refractivity contribution in [3.05, 3.63) is 52.0 Å². The van der Waals surface area contributed by atoms with E-state index in [9.17, 15) is 4.79 Å². The maximum atomic E-state index is 13.1. The van der Waals surface area contributed by atoms with E-state index in [-0.39, 0.29) is 11.3 Å². The van der Waals surface area contributed by atoms with Gasteiger partial charge in [-0.2, -0.15) is 0 Å². The van der Waals surface area contributed by atoms with Crippen LogP contribution in [0.15, 0.2) is 36.4 Å². The number of carbonyl (C=O) groups is 1. The molecule has 3 saturated heterocycles. The zero-order chi connectivity index (χ0) is 25.3. The summed E-state index contributed by atoms with van der Waals surface area (Å²) < 4.78 is 5.51. The third kappa shape index (κ3) is 5.36. The highest BCUT2D eigenvalue weighted by Crippen LogP contribution is 2.41. The number of likely N-dealkylation sites (tertiary alicyclic amines) is 1. The van der Waals surface area contributed by atoms with Gasteiger partial charge in [-0.1, -0.05) is 35.3 Å². The van der Waals surface area contributed by atoms with Crippen LogP contribution in [0.1, 0.15) is 24.8 Å². The Bertz CT molecular complexity index is 1090. The monoisotopic (exact) mass is 531 g/mol. The lowest BCUT2D eigenvalue weighted by Gasteiger charge is -2.49. The molecule has 9 heteroatoms. The molecule has 0 saturated carbocycles. The summed E-state index contributed by atoms with van der Waals surface area (Å²) in [7, 11) is 3.92. The summed E-state index contributed by atoms with van der Waals surface area (Å²) in [5.74, 6) is 1.65. The molecule has 0 spiro atoms. The fourth-order valence-electron chi connectivity index (χ4n) is 5.65. The predicted molar refractivity (Wildman–Crippen MR) is 146 cm³/mol. The number of benzene rings is 1. The number of carbonyl (C=O) groups excluding carboxylic acids is 1. The highest BCUT2D eigenvalue weighted by Gasteiger charge is 2.42. The SMILES string of the molecule is CN(C)c1cccc(N2CC(CCN3CC(N4CCOCC4)C3)(c3ccc(Cl)c(Cl)c3)CCC2=O)n1. The number of halogens is 2. The van der Waals surface area contributed by atoms with E-state index in [1.54, 1.807) is 0 Å². The number of piperidine rings is 1. The van der Waals surface area contributed by atoms with Crippen LogP contribution in [0.25, 0.3) is 0 Å². The molecule has 1 unspecified atom stereocenters. The number of morpholine rings is 1. The highest BCUT2D eigenvalue weighted by molar-refractivity contribution is 6.42. The van der Waals surface area contributed by atoms with E-state index in [4.69, 9.17) is 32.9 Å². The van der Waals surface area contributed by atoms with Crippen LogP contribution in [0.3, 0.4) is 0 Å². The Morgan fingerprint density at radius 2 is 1.89 bits per heavy atom. The molecule has 0 bridgehead atoms. The summed E-state index contributed by atoms with van der Waals surface area (Å²) in [6.45, 7) is 7.47. The molecule has 194 valence electrons. The molecule has 0 N–H and O–H groups in total. The van der Waals surface area contributed by atoms with Gasteiger partial charge in [0.15, 0.2) is 0 Å². The van der Waals surface area contributed by atoms with Gasteiger partial charge >= 0.3 is 0 Å². The number of amides is 1. The van der Waals surface area contributed by atoms with Crippen LogP contribution in [0.2, 0.25) is 10.0 Å². The van der Waals surface area contributed by atoms with Crippen molar-refractivity contribution in [1.29, 1.82) is 0 Å². The molecule has 0 aliphatic carbocycles. The minimum atomic E-state index is -0.220. The van der Waals surface area contributed by atoms with Crippen LogP contribution in [0.5, 0.6) is 0 Å². The quantitative estimate of drug-likeness (QED) is 0.539. The number of ether oxygens (including phenoxy) is 1. The average molecular weight is 533 g/mol. The first-order valence-corrected chi connectivity index (χ1v) is 13.5. The van der Waals surface area contributed by atoms with E-state index in [2.05, 4.69) is 15.9 Å². The molecule has 3 aliphatic heterocycles. The van der Waals surface area contributed by atoms with Crippen LogP contribution >= 0.6 is 23.2 Å². The largest absolute Gasteiger partial charge is 0.379 e. The minimum Gasteiger partial charge on any atom is -0.379 e. The first-order chi connectivity index (χ1) is 17.3. The minimum absolute atomic E-state index is 0.116. The zero-order valence-corrected chi connectivity index (χ0v) is 22.6. The van der Waals surface area contributed by atoms with E-state index in [1.807, 2.05) is 54.2 Å². The average Bonchev–Trinajstić information content (AvgIpc) is 2.86. The molecule has 0 radical (unpaired) electrons. The second kappa shape index (κ2) is 10.8. The number of nitrogens with zero attached hydrogens (tertiary/aromatic N) is 5. The van der Waals surface area contributed by atoms with E-state index in [0.717, 1.165) is 70.2 Å². The standard InChI is InChI=1S/C27H35Cl2N5O2/c1-31(2)24-4-3-5-25(30-24)34-19-27(9-8-26(34)35,20-6-7-22(28)23(29)16-20)10-11-32-17-21(18-32)33-12-14-36-15-13-33/h3-7,16,21H,8-15,17-19H2,1-2H3. The van der Waals surface area contributed by atoms with Crippen LogP contribution in [0, 0.1) is 0 Å². The van der Waals surface area contributed by atoms with E-state index >= 15 is 0 Å². The number of aromatic nitrogens is 1. The van der Waals surface area contributed by atoms with Crippen molar-refractivity contribution >= 4 is 40.7 Å². The molecule has 1 atom stereocenters. The van der Waals surface area contributed by atoms with Crippen LogP contribution in [-0.4, -0.2) is 93.3 Å². The van der Waals surface area contributed by atoms with Gasteiger partial charge < -0.3 is 14.5 Å². The Morgan fingerprint density at radius 1 is 1.11 bits per heavy atom. The Hall–Kier alpha value is -1.90. The molecule has 3 aliphatic rings. The molecule has 4 heterocycles. The number of hydrogen-bond donors (Lipinski definition) is 0. The molecule has 1 aromatic heterocycles. The summed E-state index contributed by atoms with van der Waals surface area (Å²) in [6.07, 6.45) is 2.21. The molecule has 1 amide bonds. The molecule has 3 fully saturated rings. The summed E-state index contributed by atoms with van der Waals surface area (Å²) in [5, 5.41) is 1.11. The maximum absolute atomic E-state index is 13.1. The Kier molecular flexibility index (Phi) is 7.75. The second-order valence-corrected chi connectivity index (χ2v) is 11.3. The lowest BCUT2D eigenvalue weighted by Crippen LogP contribution is -2.62. The first kappa shape index (κ1) is 25.7. The van der Waals surface area contributed by atoms with Gasteiger partial charge in [0.25, 0.3) is 0 Å². The van der Waals surface area contributed by atoms with Crippen molar-refractivity contribution in [3.8, 4) is 0 Å². The number of pyridine rings is 1. The van der Waals surface area contributed by atoms with Gasteiger partial charge in [0.2, 0.25) is 5.91 Å². The van der Waals surface area contributed by atoms with Gasteiger partial charge in [-0.05, 0) is 49.2 Å². The third-order valence-corrected chi connectivity index (χ3v) is 8.71. The van der Waals surface area contributed by atoms with Crippen molar-refractivity contribution in [2.45, 2.75) is 30.7 Å². The molecule has 2 aromatic rings. The summed E-state index contributed by atoms with van der Waals surface area (Å²) in [4.78, 5) is 26.8. The van der Waals surface area contributed by atoms with Crippen molar-refractivity contribution in [2.75, 3.05) is 76.4 Å². The first-order valence-electron chi connectivity index (χ1n) is 12.8. The number of rotatable bonds is 7. The van der Waals surface area contributed by atoms with Gasteiger partial charge in [0.05, 0.1) is 23.3 Å². The van der Waals surface area contributed by atoms with Crippen LogP contribution < -0.4 is 9.80 Å². The summed E-state index contributed by atoms with van der Waals surface area (Å²) in [6, 6.07) is 12.4. The Balaban J connectivity index is 1.36. The fraction of sp³-hybridized carbons (Fsp3) is 0.556. The lowest BCUT2D eigenvalue weighted by atomic mass is 9.71. The number of hydrogen-bond acceptors (Lipinski definition) is 6. The molecule has 36 heavy (non-hydrogen) atoms. The fourth-order valence-corrected chi connectivity index (χ4v) is 5.95. The normalized spacial score (nSPS) is 24.1. The smallest absolute Gasteiger partial charge is 0.228 e. The molecule has 1 aromatic carbocycles. The molecular formula is C27H35Cl2N5O2. The Morgan fingerprint density at radius 3 is 2.61 bits per heavy atom. The Labute approximate surface area is 223 Å². The van der Waals surface area contributed by atoms with Crippen molar-refractivity contribution in [2.24, 2.45) is 0 Å². The van der Waals surface area contributed by atoms with Crippen LogP contribution in [0.4, 0.5) is 11.6 Å². The van der Waals surface area contributed by atoms with Gasteiger partial charge in [-0.3, -0.25) is 14.6 Å². The third-order valence-electron chi connectivity index (χ3n) is 7.97. The maximum Gasteiger partial charge on any atom is 0.228 e. The highest BCUT2D eigenvalue weighted by atomic mass is 35.5. The van der Waals surface area contributed by atoms with Crippen molar-refractivity contribution in [3.63, 3.8) is 0 Å². The van der Waals surface area contributed by atoms with Crippen molar-refractivity contribution in [1.82, 2.24) is 14.8 Å². The predicted octanol–water partition coefficient (Wildman–Crippen LogP) is 3.93. The second-order valence-electron chi connectivity index (χ2n) is 10.4. The van der Waals surface area contributed by atoms with E-state index in [1.165, 1.54) is 0 Å². The molecule has 5 rings (SSSR count). The lowest BCUT2D eigenvalue weighted by molar-refractivity contribution is -0.120. The van der Waals surface area contributed by atoms with E-state index < -0.39 is 0 Å². The van der Waals surface area contributed by atoms with Gasteiger partial charge in [0, 0.05) is 64.7 Å². The van der Waals surface area contributed by atoms with Gasteiger partial charge in [-0.15, -0.1) is 0 Å². The topological polar surface area (TPSA) is 52.2 Å². The molecule has 7 nitrogen and oxygen atoms in total. The summed E-state index contributed by atoms with van der Waals surface area (Å²) >= 11 is 12.8.